The van der Waals surface area contributed by atoms with E-state index in [-0.39, 0.29) is 30.0 Å². The molecule has 6 nitrogen and oxygen atoms in total. The maximum Gasteiger partial charge on any atom is 0.387 e. The summed E-state index contributed by atoms with van der Waals surface area (Å²) in [7, 11) is 1.58. The first-order valence-electron chi connectivity index (χ1n) is 10.4. The normalized spacial score (nSPS) is 14.6. The molecule has 2 amide bonds. The van der Waals surface area contributed by atoms with Crippen molar-refractivity contribution < 1.29 is 27.8 Å². The zero-order chi connectivity index (χ0) is 22.9. The molecular formula is C24H26F2N2O4. The van der Waals surface area contributed by atoms with E-state index in [0.29, 0.717) is 37.2 Å². The van der Waals surface area contributed by atoms with Gasteiger partial charge in [0.2, 0.25) is 11.8 Å². The number of carbonyl (C=O) groups excluding carboxylic acids is 2. The van der Waals surface area contributed by atoms with Crippen molar-refractivity contribution in [1.29, 1.82) is 0 Å². The maximum atomic E-state index is 12.6. The van der Waals surface area contributed by atoms with E-state index in [1.807, 2.05) is 24.3 Å². The molecule has 0 saturated carbocycles. The molecule has 0 unspecified atom stereocenters. The van der Waals surface area contributed by atoms with Crippen LogP contribution in [0.25, 0.3) is 6.08 Å². The fourth-order valence-corrected chi connectivity index (χ4v) is 3.63. The number of hydrogen-bond acceptors (Lipinski definition) is 4. The molecule has 1 N–H and O–H groups in total. The van der Waals surface area contributed by atoms with Gasteiger partial charge in [-0.05, 0) is 31.1 Å². The molecule has 0 bridgehead atoms. The number of halogens is 2. The van der Waals surface area contributed by atoms with Crippen LogP contribution in [0.5, 0.6) is 11.5 Å². The molecule has 0 radical (unpaired) electrons. The molecule has 1 heterocycles. The van der Waals surface area contributed by atoms with Gasteiger partial charge in [0.05, 0.1) is 13.5 Å². The summed E-state index contributed by atoms with van der Waals surface area (Å²) in [4.78, 5) is 26.7. The van der Waals surface area contributed by atoms with Gasteiger partial charge < -0.3 is 19.7 Å². The first-order valence-corrected chi connectivity index (χ1v) is 10.4. The molecule has 0 atom stereocenters. The number of piperidine rings is 1. The van der Waals surface area contributed by atoms with Crippen LogP contribution >= 0.6 is 0 Å². The van der Waals surface area contributed by atoms with Crippen LogP contribution in [-0.2, 0) is 16.0 Å². The van der Waals surface area contributed by atoms with Gasteiger partial charge in [0.25, 0.3) is 0 Å². The molecule has 32 heavy (non-hydrogen) atoms. The lowest BCUT2D eigenvalue weighted by molar-refractivity contribution is -0.131. The summed E-state index contributed by atoms with van der Waals surface area (Å²) in [5.41, 5.74) is 1.23. The Labute approximate surface area is 185 Å². The number of rotatable bonds is 8. The lowest BCUT2D eigenvalue weighted by atomic mass is 10.0. The Morgan fingerprint density at radius 2 is 1.75 bits per heavy atom. The summed E-state index contributed by atoms with van der Waals surface area (Å²) < 4.78 is 34.8. The number of benzene rings is 2. The van der Waals surface area contributed by atoms with Crippen LogP contribution < -0.4 is 14.8 Å². The van der Waals surface area contributed by atoms with Gasteiger partial charge in [0.1, 0.15) is 11.5 Å². The standard InChI is InChI=1S/C24H26F2N2O4/c1-31-20-8-4-3-7-18(20)16-23(30)28-14-12-19(13-15-28)27-22(29)11-10-17-6-2-5-9-21(17)32-24(25)26/h2-11,19,24H,12-16H2,1H3,(H,27,29)/b11-10+. The van der Waals surface area contributed by atoms with Gasteiger partial charge in [-0.2, -0.15) is 8.78 Å². The third-order valence-corrected chi connectivity index (χ3v) is 5.28. The second-order valence-corrected chi connectivity index (χ2v) is 7.40. The summed E-state index contributed by atoms with van der Waals surface area (Å²) in [6.45, 7) is -1.84. The van der Waals surface area contributed by atoms with E-state index >= 15 is 0 Å². The number of para-hydroxylation sites is 2. The van der Waals surface area contributed by atoms with Gasteiger partial charge >= 0.3 is 6.61 Å². The van der Waals surface area contributed by atoms with Crippen LogP contribution in [0.15, 0.2) is 54.6 Å². The third kappa shape index (κ3) is 6.54. The quantitative estimate of drug-likeness (QED) is 0.631. The Kier molecular flexibility index (Phi) is 8.19. The van der Waals surface area contributed by atoms with Gasteiger partial charge in [0.15, 0.2) is 0 Å². The average Bonchev–Trinajstić information content (AvgIpc) is 2.79. The SMILES string of the molecule is COc1ccccc1CC(=O)N1CCC(NC(=O)/C=C/c2ccccc2OC(F)F)CC1. The Hall–Kier alpha value is -3.42. The molecule has 1 aliphatic heterocycles. The molecule has 3 rings (SSSR count). The van der Waals surface area contributed by atoms with Crippen LogP contribution in [0.2, 0.25) is 0 Å². The number of likely N-dealkylation sites (tertiary alicyclic amines) is 1. The van der Waals surface area contributed by atoms with Crippen LogP contribution in [0, 0.1) is 0 Å². The molecule has 1 saturated heterocycles. The zero-order valence-corrected chi connectivity index (χ0v) is 17.8. The second kappa shape index (κ2) is 11.3. The van der Waals surface area contributed by atoms with Crippen molar-refractivity contribution in [1.82, 2.24) is 10.2 Å². The molecule has 2 aromatic rings. The molecule has 0 aliphatic carbocycles. The molecular weight excluding hydrogens is 418 g/mol. The van der Waals surface area contributed by atoms with Gasteiger partial charge in [0, 0.05) is 36.3 Å². The summed E-state index contributed by atoms with van der Waals surface area (Å²) >= 11 is 0. The van der Waals surface area contributed by atoms with Gasteiger partial charge in [-0.1, -0.05) is 36.4 Å². The highest BCUT2D eigenvalue weighted by Crippen LogP contribution is 2.22. The smallest absolute Gasteiger partial charge is 0.387 e. The topological polar surface area (TPSA) is 67.9 Å². The fraction of sp³-hybridized carbons (Fsp3) is 0.333. The van der Waals surface area contributed by atoms with Crippen molar-refractivity contribution in [2.75, 3.05) is 20.2 Å². The number of methoxy groups -OCH3 is 1. The summed E-state index contributed by atoms with van der Waals surface area (Å²) in [6.07, 6.45) is 4.29. The minimum Gasteiger partial charge on any atom is -0.496 e. The monoisotopic (exact) mass is 444 g/mol. The van der Waals surface area contributed by atoms with Crippen molar-refractivity contribution in [3.8, 4) is 11.5 Å². The van der Waals surface area contributed by atoms with Crippen molar-refractivity contribution in [2.24, 2.45) is 0 Å². The van der Waals surface area contributed by atoms with E-state index in [9.17, 15) is 18.4 Å². The number of amides is 2. The molecule has 2 aromatic carbocycles. The Bertz CT molecular complexity index is 957. The molecule has 170 valence electrons. The predicted octanol–water partition coefficient (Wildman–Crippen LogP) is 3.66. The third-order valence-electron chi connectivity index (χ3n) is 5.28. The predicted molar refractivity (Wildman–Crippen MR) is 117 cm³/mol. The van der Waals surface area contributed by atoms with E-state index in [4.69, 9.17) is 4.74 Å². The summed E-state index contributed by atoms with van der Waals surface area (Å²) in [5, 5.41) is 2.90. The molecule has 8 heteroatoms. The van der Waals surface area contributed by atoms with Crippen molar-refractivity contribution >= 4 is 17.9 Å². The van der Waals surface area contributed by atoms with Crippen LogP contribution in [0.1, 0.15) is 24.0 Å². The molecule has 1 fully saturated rings. The largest absolute Gasteiger partial charge is 0.496 e. The van der Waals surface area contributed by atoms with Crippen LogP contribution in [0.3, 0.4) is 0 Å². The van der Waals surface area contributed by atoms with Crippen molar-refractivity contribution in [3.63, 3.8) is 0 Å². The highest BCUT2D eigenvalue weighted by molar-refractivity contribution is 5.92. The lowest BCUT2D eigenvalue weighted by Gasteiger charge is -2.32. The zero-order valence-electron chi connectivity index (χ0n) is 17.8. The van der Waals surface area contributed by atoms with Gasteiger partial charge in [-0.15, -0.1) is 0 Å². The highest BCUT2D eigenvalue weighted by Gasteiger charge is 2.24. The lowest BCUT2D eigenvalue weighted by Crippen LogP contribution is -2.46. The van der Waals surface area contributed by atoms with E-state index in [1.54, 1.807) is 30.2 Å². The molecule has 1 aliphatic rings. The fourth-order valence-electron chi connectivity index (χ4n) is 3.63. The summed E-state index contributed by atoms with van der Waals surface area (Å²) in [5.74, 6) is 0.397. The van der Waals surface area contributed by atoms with Crippen LogP contribution in [0.4, 0.5) is 8.78 Å². The maximum absolute atomic E-state index is 12.6. The second-order valence-electron chi connectivity index (χ2n) is 7.40. The van der Waals surface area contributed by atoms with Crippen molar-refractivity contribution in [3.05, 3.63) is 65.7 Å². The minimum atomic E-state index is -2.94. The molecule has 0 spiro atoms. The number of nitrogens with zero attached hydrogens (tertiary/aromatic N) is 1. The van der Waals surface area contributed by atoms with E-state index in [2.05, 4.69) is 10.1 Å². The highest BCUT2D eigenvalue weighted by atomic mass is 19.3. The van der Waals surface area contributed by atoms with Crippen molar-refractivity contribution in [2.45, 2.75) is 31.9 Å². The van der Waals surface area contributed by atoms with Gasteiger partial charge in [-0.3, -0.25) is 9.59 Å². The minimum absolute atomic E-state index is 0.00779. The molecule has 0 aromatic heterocycles. The number of ether oxygens (including phenoxy) is 2. The van der Waals surface area contributed by atoms with E-state index < -0.39 is 6.61 Å². The summed E-state index contributed by atoms with van der Waals surface area (Å²) in [6, 6.07) is 13.6. The van der Waals surface area contributed by atoms with Crippen LogP contribution in [-0.4, -0.2) is 49.6 Å². The first kappa shape index (κ1) is 23.2. The van der Waals surface area contributed by atoms with E-state index in [1.165, 1.54) is 18.2 Å². The number of nitrogens with one attached hydrogen (secondary N) is 1. The average molecular weight is 444 g/mol. The Balaban J connectivity index is 1.48. The number of hydrogen-bond donors (Lipinski definition) is 1. The Morgan fingerprint density at radius 1 is 1.09 bits per heavy atom. The number of alkyl halides is 2. The van der Waals surface area contributed by atoms with E-state index in [0.717, 1.165) is 5.56 Å². The first-order chi connectivity index (χ1) is 15.5. The Morgan fingerprint density at radius 3 is 2.44 bits per heavy atom. The van der Waals surface area contributed by atoms with Gasteiger partial charge in [-0.25, -0.2) is 0 Å². The number of carbonyl (C=O) groups is 2.